The lowest BCUT2D eigenvalue weighted by molar-refractivity contribution is 0.228. The van der Waals surface area contributed by atoms with Crippen molar-refractivity contribution in [1.82, 2.24) is 0 Å². The highest BCUT2D eigenvalue weighted by Crippen LogP contribution is 2.66. The molecule has 3 fully saturated rings. The third-order valence-electron chi connectivity index (χ3n) is 6.84. The fraction of sp³-hybridized carbons (Fsp3) is 0.778. The maximum Gasteiger partial charge on any atom is -0.0172 e. The molecule has 4 aliphatic rings. The Balaban J connectivity index is 1.61. The van der Waals surface area contributed by atoms with Crippen molar-refractivity contribution in [1.29, 1.82) is 0 Å². The van der Waals surface area contributed by atoms with Crippen molar-refractivity contribution in [2.24, 2.45) is 47.3 Å². The molecule has 0 aromatic carbocycles. The minimum atomic E-state index is 0.894. The summed E-state index contributed by atoms with van der Waals surface area (Å²) in [6.45, 7) is 4.85. The van der Waals surface area contributed by atoms with Gasteiger partial charge in [0.05, 0.1) is 0 Å². The van der Waals surface area contributed by atoms with Crippen LogP contribution in [0.3, 0.4) is 0 Å². The molecule has 0 saturated heterocycles. The second kappa shape index (κ2) is 4.45. The van der Waals surface area contributed by atoms with Gasteiger partial charge in [-0.2, -0.15) is 0 Å². The van der Waals surface area contributed by atoms with Crippen molar-refractivity contribution in [3.8, 4) is 0 Å². The first-order valence-corrected chi connectivity index (χ1v) is 9.06. The highest BCUT2D eigenvalue weighted by molar-refractivity contribution is 7.16. The molecule has 0 radical (unpaired) electrons. The van der Waals surface area contributed by atoms with Gasteiger partial charge in [-0.3, -0.25) is 0 Å². The van der Waals surface area contributed by atoms with Gasteiger partial charge >= 0.3 is 0 Å². The fourth-order valence-corrected chi connectivity index (χ4v) is 6.41. The van der Waals surface area contributed by atoms with Gasteiger partial charge in [-0.1, -0.05) is 30.7 Å². The molecular weight excluding hydrogens is 247 g/mol. The van der Waals surface area contributed by atoms with Gasteiger partial charge in [0.25, 0.3) is 0 Å². The first-order chi connectivity index (χ1) is 9.19. The number of rotatable bonds is 2. The van der Waals surface area contributed by atoms with Crippen molar-refractivity contribution < 1.29 is 0 Å². The fourth-order valence-electron chi connectivity index (χ4n) is 6.27. The molecule has 0 amide bonds. The quantitative estimate of drug-likeness (QED) is 0.512. The molecule has 0 aromatic rings. The molecule has 4 rings (SSSR count). The number of fused-ring (bicyclic) bond motifs is 7. The second-order valence-electron chi connectivity index (χ2n) is 7.76. The monoisotopic (exact) mass is 274 g/mol. The van der Waals surface area contributed by atoms with Crippen LogP contribution in [-0.2, 0) is 0 Å². The molecule has 4 aliphatic carbocycles. The molecule has 0 N–H and O–H groups in total. The third-order valence-corrected chi connectivity index (χ3v) is 7.49. The zero-order valence-electron chi connectivity index (χ0n) is 12.3. The Kier molecular flexibility index (Phi) is 2.96. The summed E-state index contributed by atoms with van der Waals surface area (Å²) in [6, 6.07) is 0. The predicted molar refractivity (Wildman–Crippen MR) is 84.9 cm³/mol. The van der Waals surface area contributed by atoms with Crippen molar-refractivity contribution in [2.75, 3.05) is 6.16 Å². The Hall–Kier alpha value is -0.0900. The molecule has 2 bridgehead atoms. The van der Waals surface area contributed by atoms with Crippen molar-refractivity contribution in [3.05, 3.63) is 23.8 Å². The lowest BCUT2D eigenvalue weighted by atomic mass is 9.77. The molecule has 9 atom stereocenters. The Bertz CT molecular complexity index is 435. The zero-order valence-corrected chi connectivity index (χ0v) is 13.4. The zero-order chi connectivity index (χ0) is 13.1. The van der Waals surface area contributed by atoms with Crippen LogP contribution in [0.5, 0.6) is 0 Å². The van der Waals surface area contributed by atoms with Gasteiger partial charge in [0.1, 0.15) is 0 Å². The lowest BCUT2D eigenvalue weighted by Crippen LogP contribution is -2.23. The van der Waals surface area contributed by atoms with Crippen molar-refractivity contribution >= 4 is 9.24 Å². The van der Waals surface area contributed by atoms with Crippen LogP contribution in [0.15, 0.2) is 23.8 Å². The van der Waals surface area contributed by atoms with Gasteiger partial charge in [-0.15, -0.1) is 9.24 Å². The average Bonchev–Trinajstić information content (AvgIpc) is 3.10. The molecule has 1 heteroatoms. The highest BCUT2D eigenvalue weighted by Gasteiger charge is 2.59. The summed E-state index contributed by atoms with van der Waals surface area (Å²) in [5.74, 6) is 7.95. The van der Waals surface area contributed by atoms with E-state index in [2.05, 4.69) is 41.3 Å². The van der Waals surface area contributed by atoms with E-state index >= 15 is 0 Å². The van der Waals surface area contributed by atoms with E-state index in [0.717, 1.165) is 53.5 Å². The summed E-state index contributed by atoms with van der Waals surface area (Å²) < 4.78 is 0. The van der Waals surface area contributed by atoms with Gasteiger partial charge in [-0.25, -0.2) is 0 Å². The normalized spacial score (nSPS) is 54.8. The van der Waals surface area contributed by atoms with Gasteiger partial charge in [0.15, 0.2) is 0 Å². The van der Waals surface area contributed by atoms with E-state index in [1.165, 1.54) is 19.3 Å². The predicted octanol–water partition coefficient (Wildman–Crippen LogP) is 4.54. The van der Waals surface area contributed by atoms with E-state index in [1.54, 1.807) is 5.57 Å². The third kappa shape index (κ3) is 1.75. The number of allylic oxidation sites excluding steroid dienone is 4. The molecule has 3 saturated carbocycles. The van der Waals surface area contributed by atoms with E-state index in [1.807, 2.05) is 0 Å². The van der Waals surface area contributed by atoms with Crippen LogP contribution in [0.1, 0.15) is 33.1 Å². The van der Waals surface area contributed by atoms with Crippen LogP contribution in [0, 0.1) is 47.3 Å². The maximum absolute atomic E-state index is 2.88. The summed E-state index contributed by atoms with van der Waals surface area (Å²) >= 11 is 0. The van der Waals surface area contributed by atoms with Crippen LogP contribution in [-0.4, -0.2) is 6.16 Å². The van der Waals surface area contributed by atoms with Gasteiger partial charge in [-0.05, 0) is 79.7 Å². The first kappa shape index (κ1) is 12.6. The van der Waals surface area contributed by atoms with Gasteiger partial charge < -0.3 is 0 Å². The van der Waals surface area contributed by atoms with E-state index in [0.29, 0.717) is 0 Å². The van der Waals surface area contributed by atoms with E-state index < -0.39 is 0 Å². The van der Waals surface area contributed by atoms with Gasteiger partial charge in [0, 0.05) is 0 Å². The molecule has 0 aromatic heterocycles. The average molecular weight is 274 g/mol. The summed E-state index contributed by atoms with van der Waals surface area (Å²) in [7, 11) is 2.88. The minimum Gasteiger partial charge on any atom is -0.133 e. The topological polar surface area (TPSA) is 0 Å². The van der Waals surface area contributed by atoms with E-state index in [9.17, 15) is 0 Å². The Morgan fingerprint density at radius 3 is 2.68 bits per heavy atom. The standard InChI is InChI=1S/C18H27P/c1-10(9-19)5-14-6-11(2)17-16(14)8-15-12-3-4-13(7-12)18(15)17/h3-5,11-18H,6-9,19H2,1-2H3/b10-5+. The lowest BCUT2D eigenvalue weighted by Gasteiger charge is -2.28. The molecule has 9 unspecified atom stereocenters. The van der Waals surface area contributed by atoms with Gasteiger partial charge in [0.2, 0.25) is 0 Å². The first-order valence-electron chi connectivity index (χ1n) is 8.24. The summed E-state index contributed by atoms with van der Waals surface area (Å²) in [6.07, 6.45) is 13.4. The molecule has 0 heterocycles. The minimum absolute atomic E-state index is 0.894. The second-order valence-corrected chi connectivity index (χ2v) is 8.17. The van der Waals surface area contributed by atoms with Crippen LogP contribution in [0.25, 0.3) is 0 Å². The Morgan fingerprint density at radius 2 is 1.89 bits per heavy atom. The number of hydrogen-bond donors (Lipinski definition) is 0. The molecular formula is C18H27P. The van der Waals surface area contributed by atoms with E-state index in [-0.39, 0.29) is 0 Å². The largest absolute Gasteiger partial charge is 0.133 e. The molecule has 19 heavy (non-hydrogen) atoms. The SMILES string of the molecule is C/C(=C\C1CC(C)C2C1CC1C3C=CC(C3)C12)CP. The van der Waals surface area contributed by atoms with Crippen LogP contribution < -0.4 is 0 Å². The Labute approximate surface area is 120 Å². The molecule has 104 valence electrons. The van der Waals surface area contributed by atoms with Crippen molar-refractivity contribution in [2.45, 2.75) is 33.1 Å². The van der Waals surface area contributed by atoms with Crippen LogP contribution in [0.2, 0.25) is 0 Å². The number of hydrogen-bond acceptors (Lipinski definition) is 0. The molecule has 0 nitrogen and oxygen atoms in total. The maximum atomic E-state index is 2.88. The Morgan fingerprint density at radius 1 is 1.11 bits per heavy atom. The smallest absolute Gasteiger partial charge is 0.0172 e. The summed E-state index contributed by atoms with van der Waals surface area (Å²) in [4.78, 5) is 0. The van der Waals surface area contributed by atoms with E-state index in [4.69, 9.17) is 0 Å². The summed E-state index contributed by atoms with van der Waals surface area (Å²) in [5, 5.41) is 0. The van der Waals surface area contributed by atoms with Crippen LogP contribution in [0.4, 0.5) is 0 Å². The highest BCUT2D eigenvalue weighted by atomic mass is 31.0. The van der Waals surface area contributed by atoms with Crippen LogP contribution >= 0.6 is 9.24 Å². The molecule has 0 aliphatic heterocycles. The molecule has 0 spiro atoms. The summed E-state index contributed by atoms with van der Waals surface area (Å²) in [5.41, 5.74) is 1.58. The van der Waals surface area contributed by atoms with Crippen molar-refractivity contribution in [3.63, 3.8) is 0 Å².